The average molecular weight is 416 g/mol. The molecule has 2 aliphatic rings. The number of nitrogens with one attached hydrogen (secondary N) is 1. The lowest BCUT2D eigenvalue weighted by atomic mass is 10.2. The van der Waals surface area contributed by atoms with Gasteiger partial charge < -0.3 is 4.90 Å². The molecule has 0 unspecified atom stereocenters. The Balaban J connectivity index is 1.55. The first-order chi connectivity index (χ1) is 12.6. The Hall–Kier alpha value is -1.49. The van der Waals surface area contributed by atoms with Crippen molar-refractivity contribution in [3.63, 3.8) is 0 Å². The van der Waals surface area contributed by atoms with Crippen LogP contribution < -0.4 is 4.72 Å². The highest BCUT2D eigenvalue weighted by atomic mass is 32.2. The zero-order valence-electron chi connectivity index (χ0n) is 15.3. The third-order valence-corrected chi connectivity index (χ3v) is 7.21. The third kappa shape index (κ3) is 5.74. The summed E-state index contributed by atoms with van der Waals surface area (Å²) in [5.41, 5.74) is 0.449. The zero-order valence-corrected chi connectivity index (χ0v) is 16.9. The number of benzene rings is 1. The second-order valence-corrected chi connectivity index (χ2v) is 11.2. The summed E-state index contributed by atoms with van der Waals surface area (Å²) in [5.74, 6) is -0.0250. The Morgan fingerprint density at radius 3 is 2.15 bits per heavy atom. The third-order valence-electron chi connectivity index (χ3n) is 4.75. The highest BCUT2D eigenvalue weighted by Gasteiger charge is 2.28. The molecule has 10 heteroatoms. The number of carbonyl (C=O) groups is 1. The Morgan fingerprint density at radius 2 is 1.63 bits per heavy atom. The molecule has 1 aromatic carbocycles. The number of hydrogen-bond donors (Lipinski definition) is 1. The number of sulfone groups is 1. The van der Waals surface area contributed by atoms with Gasteiger partial charge >= 0.3 is 0 Å². The molecule has 1 amide bonds. The molecule has 1 saturated carbocycles. The molecule has 1 heterocycles. The van der Waals surface area contributed by atoms with Crippen LogP contribution in [0.3, 0.4) is 0 Å². The minimum atomic E-state index is -3.52. The second-order valence-electron chi connectivity index (χ2n) is 7.18. The predicted octanol–water partition coefficient (Wildman–Crippen LogP) is -0.0703. The van der Waals surface area contributed by atoms with Crippen molar-refractivity contribution < 1.29 is 21.6 Å². The van der Waals surface area contributed by atoms with Gasteiger partial charge in [0.15, 0.2) is 0 Å². The average Bonchev–Trinajstić information content (AvgIpc) is 3.42. The fourth-order valence-corrected chi connectivity index (χ4v) is 4.81. The van der Waals surface area contributed by atoms with E-state index in [-0.39, 0.29) is 22.6 Å². The Kier molecular flexibility index (Phi) is 5.90. The van der Waals surface area contributed by atoms with E-state index in [1.54, 1.807) is 17.0 Å². The van der Waals surface area contributed by atoms with Crippen LogP contribution in [0, 0.1) is 0 Å². The lowest BCUT2D eigenvalue weighted by Gasteiger charge is -2.34. The van der Waals surface area contributed by atoms with Gasteiger partial charge in [0, 0.05) is 50.6 Å². The fourth-order valence-electron chi connectivity index (χ4n) is 2.92. The van der Waals surface area contributed by atoms with E-state index in [1.807, 2.05) is 4.90 Å². The standard InChI is InChI=1S/C17H25N3O5S2/c1-26(22,23)13-12-19-8-10-20(11-9-19)17(21)14-2-6-16(7-3-14)27(24,25)18-15-4-5-15/h2-3,6-7,15,18H,4-5,8-13H2,1H3. The second kappa shape index (κ2) is 7.86. The summed E-state index contributed by atoms with van der Waals surface area (Å²) >= 11 is 0. The van der Waals surface area contributed by atoms with Crippen LogP contribution >= 0.6 is 0 Å². The van der Waals surface area contributed by atoms with Crippen LogP contribution in [0.15, 0.2) is 29.2 Å². The summed E-state index contributed by atoms with van der Waals surface area (Å²) in [6.45, 7) is 2.76. The SMILES string of the molecule is CS(=O)(=O)CCN1CCN(C(=O)c2ccc(S(=O)(=O)NC3CC3)cc2)CC1. The maximum Gasteiger partial charge on any atom is 0.253 e. The monoisotopic (exact) mass is 415 g/mol. The highest BCUT2D eigenvalue weighted by Crippen LogP contribution is 2.22. The molecule has 1 N–H and O–H groups in total. The van der Waals surface area contributed by atoms with Gasteiger partial charge in [0.25, 0.3) is 5.91 Å². The molecular weight excluding hydrogens is 390 g/mol. The maximum absolute atomic E-state index is 12.6. The molecule has 3 rings (SSSR count). The van der Waals surface area contributed by atoms with Gasteiger partial charge in [-0.25, -0.2) is 21.6 Å². The summed E-state index contributed by atoms with van der Waals surface area (Å²) < 4.78 is 49.5. The lowest BCUT2D eigenvalue weighted by molar-refractivity contribution is 0.0644. The number of amides is 1. The van der Waals surface area contributed by atoms with Crippen LogP contribution in [0.5, 0.6) is 0 Å². The van der Waals surface area contributed by atoms with Crippen LogP contribution in [-0.4, -0.2) is 83.3 Å². The molecular formula is C17H25N3O5S2. The number of sulfonamides is 1. The number of hydrogen-bond acceptors (Lipinski definition) is 6. The number of carbonyl (C=O) groups excluding carboxylic acids is 1. The normalized spacial score (nSPS) is 19.2. The Morgan fingerprint density at radius 1 is 1.04 bits per heavy atom. The molecule has 0 atom stereocenters. The van der Waals surface area contributed by atoms with E-state index in [2.05, 4.69) is 4.72 Å². The van der Waals surface area contributed by atoms with E-state index in [0.29, 0.717) is 38.3 Å². The van der Waals surface area contributed by atoms with Crippen molar-refractivity contribution in [1.82, 2.24) is 14.5 Å². The van der Waals surface area contributed by atoms with Crippen molar-refractivity contribution in [3.05, 3.63) is 29.8 Å². The van der Waals surface area contributed by atoms with Crippen LogP contribution in [0.25, 0.3) is 0 Å². The first-order valence-electron chi connectivity index (χ1n) is 8.96. The number of nitrogens with zero attached hydrogens (tertiary/aromatic N) is 2. The van der Waals surface area contributed by atoms with Gasteiger partial charge in [-0.3, -0.25) is 9.69 Å². The van der Waals surface area contributed by atoms with Crippen LogP contribution in [0.1, 0.15) is 23.2 Å². The van der Waals surface area contributed by atoms with Crippen LogP contribution in [0.2, 0.25) is 0 Å². The summed E-state index contributed by atoms with van der Waals surface area (Å²) in [6.07, 6.45) is 2.95. The van der Waals surface area contributed by atoms with Gasteiger partial charge in [-0.05, 0) is 37.1 Å². The Bertz CT molecular complexity index is 885. The van der Waals surface area contributed by atoms with Crippen molar-refractivity contribution in [2.45, 2.75) is 23.8 Å². The van der Waals surface area contributed by atoms with Crippen molar-refractivity contribution in [3.8, 4) is 0 Å². The summed E-state index contributed by atoms with van der Waals surface area (Å²) in [5, 5.41) is 0. The van der Waals surface area contributed by atoms with Gasteiger partial charge in [-0.2, -0.15) is 0 Å². The molecule has 2 fully saturated rings. The van der Waals surface area contributed by atoms with E-state index >= 15 is 0 Å². The van der Waals surface area contributed by atoms with E-state index in [9.17, 15) is 21.6 Å². The van der Waals surface area contributed by atoms with E-state index < -0.39 is 19.9 Å². The van der Waals surface area contributed by atoms with Crippen LogP contribution in [0.4, 0.5) is 0 Å². The van der Waals surface area contributed by atoms with Gasteiger partial charge in [0.1, 0.15) is 9.84 Å². The number of piperazine rings is 1. The molecule has 1 aromatic rings. The van der Waals surface area contributed by atoms with Crippen molar-refractivity contribution in [2.75, 3.05) is 44.7 Å². The predicted molar refractivity (Wildman–Crippen MR) is 102 cm³/mol. The van der Waals surface area contributed by atoms with Gasteiger partial charge in [-0.1, -0.05) is 0 Å². The summed E-state index contributed by atoms with van der Waals surface area (Å²) in [7, 11) is -6.51. The molecule has 8 nitrogen and oxygen atoms in total. The molecule has 0 aromatic heterocycles. The fraction of sp³-hybridized carbons (Fsp3) is 0.588. The van der Waals surface area contributed by atoms with Crippen molar-refractivity contribution >= 4 is 25.8 Å². The van der Waals surface area contributed by atoms with Crippen molar-refractivity contribution in [1.29, 1.82) is 0 Å². The van der Waals surface area contributed by atoms with Gasteiger partial charge in [-0.15, -0.1) is 0 Å². The molecule has 1 saturated heterocycles. The van der Waals surface area contributed by atoms with Crippen LogP contribution in [-0.2, 0) is 19.9 Å². The smallest absolute Gasteiger partial charge is 0.253 e. The molecule has 150 valence electrons. The molecule has 0 bridgehead atoms. The molecule has 0 spiro atoms. The van der Waals surface area contributed by atoms with E-state index in [4.69, 9.17) is 0 Å². The van der Waals surface area contributed by atoms with E-state index in [1.165, 1.54) is 18.4 Å². The minimum Gasteiger partial charge on any atom is -0.336 e. The zero-order chi connectivity index (χ0) is 19.7. The topological polar surface area (TPSA) is 104 Å². The first kappa shape index (κ1) is 20.2. The van der Waals surface area contributed by atoms with Gasteiger partial charge in [0.2, 0.25) is 10.0 Å². The quantitative estimate of drug-likeness (QED) is 0.669. The summed E-state index contributed by atoms with van der Waals surface area (Å²) in [6, 6.07) is 6.04. The summed E-state index contributed by atoms with van der Waals surface area (Å²) in [4.78, 5) is 16.5. The Labute approximate surface area is 160 Å². The highest BCUT2D eigenvalue weighted by molar-refractivity contribution is 7.90. The minimum absolute atomic E-state index is 0.0373. The van der Waals surface area contributed by atoms with Crippen molar-refractivity contribution in [2.24, 2.45) is 0 Å². The molecule has 27 heavy (non-hydrogen) atoms. The maximum atomic E-state index is 12.6. The number of rotatable bonds is 7. The van der Waals surface area contributed by atoms with Gasteiger partial charge in [0.05, 0.1) is 10.6 Å². The molecule has 1 aliphatic heterocycles. The lowest BCUT2D eigenvalue weighted by Crippen LogP contribution is -2.49. The van der Waals surface area contributed by atoms with E-state index in [0.717, 1.165) is 12.8 Å². The first-order valence-corrected chi connectivity index (χ1v) is 12.5. The largest absolute Gasteiger partial charge is 0.336 e. The molecule has 0 radical (unpaired) electrons. The molecule has 1 aliphatic carbocycles.